The Hall–Kier alpha value is -0.890. The van der Waals surface area contributed by atoms with Gasteiger partial charge in [0.25, 0.3) is 0 Å². The van der Waals surface area contributed by atoms with Gasteiger partial charge < -0.3 is 0 Å². The molecule has 0 fully saturated rings. The first-order valence-corrected chi connectivity index (χ1v) is 7.27. The smallest absolute Gasteiger partial charge is 0.127 e. The lowest BCUT2D eigenvalue weighted by Gasteiger charge is -2.29. The van der Waals surface area contributed by atoms with Gasteiger partial charge in [-0.15, -0.1) is 0 Å². The number of halogens is 1. The highest BCUT2D eigenvalue weighted by atomic mass is 19.1. The number of benzene rings is 1. The summed E-state index contributed by atoms with van der Waals surface area (Å²) in [6.07, 6.45) is 3.22. The van der Waals surface area contributed by atoms with Crippen LogP contribution >= 0.6 is 0 Å². The normalized spacial score (nSPS) is 14.7. The van der Waals surface area contributed by atoms with Crippen LogP contribution in [0.25, 0.3) is 0 Å². The topological polar surface area (TPSA) is 3.24 Å². The number of hydrogen-bond donors (Lipinski definition) is 0. The van der Waals surface area contributed by atoms with E-state index in [1.165, 1.54) is 11.1 Å². The zero-order chi connectivity index (χ0) is 13.5. The largest absolute Gasteiger partial charge is 0.299 e. The quantitative estimate of drug-likeness (QED) is 0.779. The molecule has 18 heavy (non-hydrogen) atoms. The Morgan fingerprint density at radius 2 is 1.89 bits per heavy atom. The molecule has 1 aliphatic heterocycles. The lowest BCUT2D eigenvalue weighted by atomic mass is 9.92. The van der Waals surface area contributed by atoms with E-state index in [9.17, 15) is 4.39 Å². The highest BCUT2D eigenvalue weighted by molar-refractivity contribution is 5.38. The summed E-state index contributed by atoms with van der Waals surface area (Å²) in [5.74, 6) is -0.0204. The van der Waals surface area contributed by atoms with Gasteiger partial charge in [0.05, 0.1) is 0 Å². The van der Waals surface area contributed by atoms with Crippen molar-refractivity contribution in [2.24, 2.45) is 0 Å². The molecule has 0 bridgehead atoms. The van der Waals surface area contributed by atoms with Gasteiger partial charge in [0, 0.05) is 18.7 Å². The Morgan fingerprint density at radius 3 is 2.50 bits per heavy atom. The molecular weight excluding hydrogens is 225 g/mol. The van der Waals surface area contributed by atoms with E-state index in [-0.39, 0.29) is 5.82 Å². The van der Waals surface area contributed by atoms with Gasteiger partial charge in [0.15, 0.2) is 0 Å². The summed E-state index contributed by atoms with van der Waals surface area (Å²) in [6, 6.07) is 3.61. The fourth-order valence-electron chi connectivity index (χ4n) is 2.54. The van der Waals surface area contributed by atoms with Crippen molar-refractivity contribution in [3.05, 3.63) is 34.6 Å². The molecule has 2 heteroatoms. The fourth-order valence-corrected chi connectivity index (χ4v) is 2.54. The van der Waals surface area contributed by atoms with Crippen molar-refractivity contribution in [1.82, 2.24) is 4.90 Å². The van der Waals surface area contributed by atoms with E-state index in [1.807, 2.05) is 19.9 Å². The minimum Gasteiger partial charge on any atom is -0.299 e. The van der Waals surface area contributed by atoms with Gasteiger partial charge in [-0.05, 0) is 36.6 Å². The predicted molar refractivity (Wildman–Crippen MR) is 76.4 cm³/mol. The Labute approximate surface area is 111 Å². The fraction of sp³-hybridized carbons (Fsp3) is 0.625. The van der Waals surface area contributed by atoms with Crippen molar-refractivity contribution in [3.63, 3.8) is 0 Å². The van der Waals surface area contributed by atoms with Crippen molar-refractivity contribution >= 4 is 0 Å². The van der Waals surface area contributed by atoms with E-state index >= 15 is 0 Å². The summed E-state index contributed by atoms with van der Waals surface area (Å²) >= 11 is 0. The van der Waals surface area contributed by atoms with Crippen molar-refractivity contribution in [3.8, 4) is 0 Å². The first-order valence-electron chi connectivity index (χ1n) is 7.27. The molecule has 0 N–H and O–H groups in total. The first-order chi connectivity index (χ1) is 8.76. The number of nitrogens with zero attached hydrogens (tertiary/aromatic N) is 1. The summed E-state index contributed by atoms with van der Waals surface area (Å²) in [4.78, 5) is 2.31. The molecule has 0 unspecified atom stereocenters. The second-order valence-corrected chi connectivity index (χ2v) is 4.53. The van der Waals surface area contributed by atoms with Gasteiger partial charge >= 0.3 is 0 Å². The minimum absolute atomic E-state index is 0.0204. The molecule has 102 valence electrons. The van der Waals surface area contributed by atoms with Crippen LogP contribution < -0.4 is 0 Å². The van der Waals surface area contributed by atoms with Crippen molar-refractivity contribution < 1.29 is 4.39 Å². The number of likely N-dealkylation sites (N-methyl/N-ethyl adjacent to an activating group) is 1. The molecule has 1 aliphatic rings. The van der Waals surface area contributed by atoms with E-state index < -0.39 is 0 Å². The zero-order valence-corrected chi connectivity index (χ0v) is 12.2. The Kier molecular flexibility index (Phi) is 6.34. The second kappa shape index (κ2) is 7.52. The monoisotopic (exact) mass is 251 g/mol. The highest BCUT2D eigenvalue weighted by Gasteiger charge is 2.20. The SMILES string of the molecule is CC.CCCc1ccc(F)c2c1CCN(CC)C2. The standard InChI is InChI=1S/C14H20FN.C2H6/c1-3-5-11-6-7-14(15)13-10-16(4-2)9-8-12(11)13;1-2/h6-7H,3-5,8-10H2,1-2H3;1-2H3. The molecule has 0 spiro atoms. The molecule has 0 saturated heterocycles. The van der Waals surface area contributed by atoms with Crippen LogP contribution in [-0.2, 0) is 19.4 Å². The Morgan fingerprint density at radius 1 is 1.17 bits per heavy atom. The van der Waals surface area contributed by atoms with E-state index in [0.29, 0.717) is 0 Å². The van der Waals surface area contributed by atoms with Crippen molar-refractivity contribution in [1.29, 1.82) is 0 Å². The predicted octanol–water partition coefficient (Wildman–Crippen LogP) is 4.18. The third-order valence-corrected chi connectivity index (χ3v) is 3.50. The molecule has 0 atom stereocenters. The maximum atomic E-state index is 13.8. The summed E-state index contributed by atoms with van der Waals surface area (Å²) in [5, 5.41) is 0. The maximum absolute atomic E-state index is 13.8. The lowest BCUT2D eigenvalue weighted by Crippen LogP contribution is -2.31. The lowest BCUT2D eigenvalue weighted by molar-refractivity contribution is 0.262. The van der Waals surface area contributed by atoms with E-state index in [2.05, 4.69) is 18.7 Å². The molecule has 1 aromatic carbocycles. The van der Waals surface area contributed by atoms with Gasteiger partial charge in [0.2, 0.25) is 0 Å². The van der Waals surface area contributed by atoms with Gasteiger partial charge in [-0.3, -0.25) is 4.90 Å². The van der Waals surface area contributed by atoms with Crippen LogP contribution in [0.2, 0.25) is 0 Å². The zero-order valence-electron chi connectivity index (χ0n) is 12.2. The molecular formula is C16H26FN. The molecule has 1 aromatic rings. The van der Waals surface area contributed by atoms with Crippen LogP contribution in [-0.4, -0.2) is 18.0 Å². The van der Waals surface area contributed by atoms with Crippen LogP contribution in [0.15, 0.2) is 12.1 Å². The number of fused-ring (bicyclic) bond motifs is 1. The van der Waals surface area contributed by atoms with E-state index in [1.54, 1.807) is 6.07 Å². The third kappa shape index (κ3) is 3.32. The molecule has 0 saturated carbocycles. The van der Waals surface area contributed by atoms with Crippen molar-refractivity contribution in [2.45, 2.75) is 53.5 Å². The number of aryl methyl sites for hydroxylation is 1. The summed E-state index contributed by atoms with van der Waals surface area (Å²) in [5.41, 5.74) is 3.58. The van der Waals surface area contributed by atoms with Crippen LogP contribution in [0.4, 0.5) is 4.39 Å². The number of rotatable bonds is 3. The Balaban J connectivity index is 0.000000771. The average molecular weight is 251 g/mol. The number of hydrogen-bond acceptors (Lipinski definition) is 1. The molecule has 0 radical (unpaired) electrons. The Bertz CT molecular complexity index is 374. The molecule has 2 rings (SSSR count). The molecule has 0 amide bonds. The van der Waals surface area contributed by atoms with E-state index in [0.717, 1.165) is 44.5 Å². The molecule has 0 aliphatic carbocycles. The summed E-state index contributed by atoms with van der Waals surface area (Å²) < 4.78 is 13.8. The molecule has 1 heterocycles. The maximum Gasteiger partial charge on any atom is 0.127 e. The average Bonchev–Trinajstić information content (AvgIpc) is 2.44. The van der Waals surface area contributed by atoms with Crippen LogP contribution in [0, 0.1) is 5.82 Å². The molecule has 0 aromatic heterocycles. The van der Waals surface area contributed by atoms with Crippen LogP contribution in [0.1, 0.15) is 50.8 Å². The van der Waals surface area contributed by atoms with Gasteiger partial charge in [0.1, 0.15) is 5.82 Å². The van der Waals surface area contributed by atoms with Crippen molar-refractivity contribution in [2.75, 3.05) is 13.1 Å². The van der Waals surface area contributed by atoms with E-state index in [4.69, 9.17) is 0 Å². The summed E-state index contributed by atoms with van der Waals surface area (Å²) in [7, 11) is 0. The molecule has 1 nitrogen and oxygen atoms in total. The van der Waals surface area contributed by atoms with Crippen LogP contribution in [0.3, 0.4) is 0 Å². The van der Waals surface area contributed by atoms with Crippen LogP contribution in [0.5, 0.6) is 0 Å². The highest BCUT2D eigenvalue weighted by Crippen LogP contribution is 2.25. The first kappa shape index (κ1) is 15.2. The third-order valence-electron chi connectivity index (χ3n) is 3.50. The summed E-state index contributed by atoms with van der Waals surface area (Å²) in [6.45, 7) is 11.2. The minimum atomic E-state index is -0.0204. The van der Waals surface area contributed by atoms with Gasteiger partial charge in [-0.2, -0.15) is 0 Å². The van der Waals surface area contributed by atoms with Gasteiger partial charge in [-0.25, -0.2) is 4.39 Å². The van der Waals surface area contributed by atoms with Gasteiger partial charge in [-0.1, -0.05) is 40.2 Å². The second-order valence-electron chi connectivity index (χ2n) is 4.53.